The van der Waals surface area contributed by atoms with Gasteiger partial charge in [0.2, 0.25) is 5.91 Å². The third-order valence-electron chi connectivity index (χ3n) is 5.78. The van der Waals surface area contributed by atoms with E-state index in [-0.39, 0.29) is 5.91 Å². The van der Waals surface area contributed by atoms with E-state index in [0.29, 0.717) is 24.7 Å². The number of rotatable bonds is 14. The monoisotopic (exact) mass is 514 g/mol. The van der Waals surface area contributed by atoms with Crippen LogP contribution in [0.15, 0.2) is 54.1 Å². The van der Waals surface area contributed by atoms with E-state index in [2.05, 4.69) is 44.4 Å². The molecule has 0 bridgehead atoms. The Morgan fingerprint density at radius 3 is 2.74 bits per heavy atom. The molecule has 1 aromatic carbocycles. The quantitative estimate of drug-likeness (QED) is 0.253. The van der Waals surface area contributed by atoms with Gasteiger partial charge in [-0.05, 0) is 68.8 Å². The molecule has 1 amide bonds. The number of hydrogen-bond donors (Lipinski definition) is 3. The van der Waals surface area contributed by atoms with E-state index in [1.54, 1.807) is 17.5 Å². The third kappa shape index (κ3) is 11.7. The van der Waals surface area contributed by atoms with Crippen molar-refractivity contribution in [3.05, 3.63) is 64.5 Å². The Labute approximate surface area is 219 Å². The van der Waals surface area contributed by atoms with Gasteiger partial charge in [0, 0.05) is 42.7 Å². The number of carbonyl (C=O) groups is 1. The third-order valence-corrected chi connectivity index (χ3v) is 6.97. The molecule has 0 radical (unpaired) electrons. The van der Waals surface area contributed by atoms with Crippen LogP contribution in [0.1, 0.15) is 49.0 Å². The molecule has 0 unspecified atom stereocenters. The Balaban J connectivity index is 1.15. The van der Waals surface area contributed by atoms with Crippen LogP contribution in [-0.2, 0) is 17.8 Å². The van der Waals surface area contributed by atoms with Crippen LogP contribution in [0.4, 0.5) is 0 Å². The van der Waals surface area contributed by atoms with Crippen molar-refractivity contribution in [3.63, 3.8) is 0 Å². The largest absolute Gasteiger partial charge is 0.492 e. The highest BCUT2D eigenvalue weighted by Crippen LogP contribution is 2.24. The van der Waals surface area contributed by atoms with Crippen molar-refractivity contribution in [2.75, 3.05) is 32.8 Å². The van der Waals surface area contributed by atoms with Crippen LogP contribution in [0.3, 0.4) is 0 Å². The van der Waals surface area contributed by atoms with Crippen molar-refractivity contribution < 1.29 is 9.53 Å². The molecule has 0 atom stereocenters. The Morgan fingerprint density at radius 2 is 1.91 bits per heavy atom. The summed E-state index contributed by atoms with van der Waals surface area (Å²) in [6.45, 7) is 5.51. The maximum absolute atomic E-state index is 12.0. The topological polar surface area (TPSA) is 65.6 Å². The van der Waals surface area contributed by atoms with Crippen LogP contribution in [0, 0.1) is 0 Å². The molecular formula is C27H38N4O2S2. The zero-order valence-electron chi connectivity index (χ0n) is 20.5. The second kappa shape index (κ2) is 16.3. The van der Waals surface area contributed by atoms with Gasteiger partial charge in [-0.2, -0.15) is 0 Å². The van der Waals surface area contributed by atoms with Crippen molar-refractivity contribution in [3.8, 4) is 5.75 Å². The van der Waals surface area contributed by atoms with E-state index in [1.807, 2.05) is 24.3 Å². The van der Waals surface area contributed by atoms with Crippen LogP contribution in [0.2, 0.25) is 0 Å². The summed E-state index contributed by atoms with van der Waals surface area (Å²) < 4.78 is 5.84. The first kappa shape index (κ1) is 27.2. The van der Waals surface area contributed by atoms with Crippen LogP contribution in [0.25, 0.3) is 0 Å². The molecule has 3 rings (SSSR count). The lowest BCUT2D eigenvalue weighted by Gasteiger charge is -2.25. The molecule has 0 spiro atoms. The van der Waals surface area contributed by atoms with E-state index >= 15 is 0 Å². The molecule has 6 nitrogen and oxygen atoms in total. The van der Waals surface area contributed by atoms with Crippen molar-refractivity contribution in [2.45, 2.75) is 51.5 Å². The Kier molecular flexibility index (Phi) is 12.6. The summed E-state index contributed by atoms with van der Waals surface area (Å²) >= 11 is 7.06. The molecule has 190 valence electrons. The Bertz CT molecular complexity index is 911. The number of thiophene rings is 1. The van der Waals surface area contributed by atoms with E-state index < -0.39 is 0 Å². The maximum Gasteiger partial charge on any atom is 0.223 e. The maximum atomic E-state index is 12.0. The van der Waals surface area contributed by atoms with Gasteiger partial charge in [-0.3, -0.25) is 9.69 Å². The SMILES string of the molecule is O=C(CCCNC(=S)NCCc1ccccc1)N/C=C\CCOc1csc(CN2CCCCC2)c1. The van der Waals surface area contributed by atoms with Gasteiger partial charge < -0.3 is 20.7 Å². The molecule has 35 heavy (non-hydrogen) atoms. The zero-order chi connectivity index (χ0) is 24.6. The normalized spacial score (nSPS) is 14.1. The lowest BCUT2D eigenvalue weighted by atomic mass is 10.1. The van der Waals surface area contributed by atoms with Crippen molar-refractivity contribution in [2.24, 2.45) is 0 Å². The highest BCUT2D eigenvalue weighted by atomic mass is 32.1. The molecule has 1 aliphatic heterocycles. The molecule has 0 saturated carbocycles. The second-order valence-electron chi connectivity index (χ2n) is 8.71. The number of nitrogens with one attached hydrogen (secondary N) is 3. The minimum absolute atomic E-state index is 0.00659. The summed E-state index contributed by atoms with van der Waals surface area (Å²) in [6, 6.07) is 12.5. The molecule has 2 heterocycles. The van der Waals surface area contributed by atoms with Gasteiger partial charge in [0.05, 0.1) is 6.61 Å². The number of nitrogens with zero attached hydrogens (tertiary/aromatic N) is 1. The van der Waals surface area contributed by atoms with Crippen LogP contribution in [0.5, 0.6) is 5.75 Å². The molecule has 8 heteroatoms. The first-order valence-corrected chi connectivity index (χ1v) is 13.9. The number of thiocarbonyl (C=S) groups is 1. The molecular weight excluding hydrogens is 476 g/mol. The fourth-order valence-corrected chi connectivity index (χ4v) is 4.94. The average Bonchev–Trinajstić information content (AvgIpc) is 3.32. The minimum Gasteiger partial charge on any atom is -0.492 e. The fraction of sp³-hybridized carbons (Fsp3) is 0.481. The van der Waals surface area contributed by atoms with Gasteiger partial charge >= 0.3 is 0 Å². The van der Waals surface area contributed by atoms with E-state index in [0.717, 1.165) is 38.1 Å². The number of benzene rings is 1. The molecule has 1 aliphatic rings. The summed E-state index contributed by atoms with van der Waals surface area (Å²) in [7, 11) is 0. The van der Waals surface area contributed by atoms with Crippen LogP contribution >= 0.6 is 23.6 Å². The predicted octanol–water partition coefficient (Wildman–Crippen LogP) is 4.62. The van der Waals surface area contributed by atoms with E-state index in [1.165, 1.54) is 42.8 Å². The summed E-state index contributed by atoms with van der Waals surface area (Å²) in [5.41, 5.74) is 1.28. The molecule has 1 aromatic heterocycles. The summed E-state index contributed by atoms with van der Waals surface area (Å²) in [5.74, 6) is 0.950. The van der Waals surface area contributed by atoms with Crippen LogP contribution in [-0.4, -0.2) is 48.7 Å². The molecule has 1 fully saturated rings. The van der Waals surface area contributed by atoms with E-state index in [9.17, 15) is 4.79 Å². The Morgan fingerprint density at radius 1 is 1.11 bits per heavy atom. The standard InChI is InChI=1S/C27H38N4O2S2/c32-26(12-9-15-29-27(34)30-16-13-23-10-3-1-4-11-23)28-14-5-8-19-33-24-20-25(35-22-24)21-31-17-6-2-7-18-31/h1,3-5,10-11,14,20,22H,2,6-9,12-13,15-19,21H2,(H,28,32)(H2,29,30,34)/b14-5-. The number of ether oxygens (including phenoxy) is 1. The fourth-order valence-electron chi connectivity index (χ4n) is 3.89. The van der Waals surface area contributed by atoms with Gasteiger partial charge in [-0.1, -0.05) is 42.8 Å². The first-order chi connectivity index (χ1) is 17.2. The van der Waals surface area contributed by atoms with Crippen molar-refractivity contribution >= 4 is 34.6 Å². The van der Waals surface area contributed by atoms with Crippen molar-refractivity contribution in [1.82, 2.24) is 20.9 Å². The number of hydrogen-bond acceptors (Lipinski definition) is 5. The van der Waals surface area contributed by atoms with Crippen molar-refractivity contribution in [1.29, 1.82) is 0 Å². The van der Waals surface area contributed by atoms with Gasteiger partial charge in [0.25, 0.3) is 0 Å². The van der Waals surface area contributed by atoms with Gasteiger partial charge in [0.1, 0.15) is 5.75 Å². The smallest absolute Gasteiger partial charge is 0.223 e. The highest BCUT2D eigenvalue weighted by molar-refractivity contribution is 7.80. The number of carbonyl (C=O) groups excluding carboxylic acids is 1. The van der Waals surface area contributed by atoms with Gasteiger partial charge in [-0.25, -0.2) is 0 Å². The molecule has 3 N–H and O–H groups in total. The minimum atomic E-state index is 0.00659. The van der Waals surface area contributed by atoms with Gasteiger partial charge in [-0.15, -0.1) is 11.3 Å². The number of piperidine rings is 1. The summed E-state index contributed by atoms with van der Waals surface area (Å²) in [5, 5.41) is 11.9. The number of likely N-dealkylation sites (tertiary alicyclic amines) is 1. The lowest BCUT2D eigenvalue weighted by molar-refractivity contribution is -0.120. The van der Waals surface area contributed by atoms with E-state index in [4.69, 9.17) is 17.0 Å². The summed E-state index contributed by atoms with van der Waals surface area (Å²) in [4.78, 5) is 15.9. The average molecular weight is 515 g/mol. The highest BCUT2D eigenvalue weighted by Gasteiger charge is 2.11. The molecule has 2 aromatic rings. The Hall–Kier alpha value is -2.42. The lowest BCUT2D eigenvalue weighted by Crippen LogP contribution is -2.37. The summed E-state index contributed by atoms with van der Waals surface area (Å²) in [6.07, 6.45) is 10.5. The number of amides is 1. The molecule has 1 saturated heterocycles. The first-order valence-electron chi connectivity index (χ1n) is 12.6. The predicted molar refractivity (Wildman–Crippen MR) is 149 cm³/mol. The van der Waals surface area contributed by atoms with Crippen LogP contribution < -0.4 is 20.7 Å². The second-order valence-corrected chi connectivity index (χ2v) is 10.1. The van der Waals surface area contributed by atoms with Gasteiger partial charge in [0.15, 0.2) is 5.11 Å². The molecule has 0 aliphatic carbocycles. The zero-order valence-corrected chi connectivity index (χ0v) is 22.1.